The SMILES string of the molecule is [C-]#[N+]c1ccc(-n2c3ccc(N(c4ccccc4)c4ccccc4)cc3c3c4ccccc4ccc32)c([N+]#[C-])c1-n1c2ccc(N(c3ccccc3)c3ccccc3)cc2c2c3ccccc3ccc21. The van der Waals surface area contributed by atoms with Gasteiger partial charge < -0.3 is 18.9 Å². The van der Waals surface area contributed by atoms with Gasteiger partial charge in [0, 0.05) is 55.7 Å². The van der Waals surface area contributed by atoms with Gasteiger partial charge in [0.1, 0.15) is 0 Å². The zero-order valence-corrected chi connectivity index (χ0v) is 37.8. The topological polar surface area (TPSA) is 25.1 Å². The van der Waals surface area contributed by atoms with E-state index in [9.17, 15) is 0 Å². The van der Waals surface area contributed by atoms with E-state index in [1.807, 2.05) is 36.4 Å². The van der Waals surface area contributed by atoms with Crippen LogP contribution in [0.5, 0.6) is 0 Å². The summed E-state index contributed by atoms with van der Waals surface area (Å²) >= 11 is 0. The molecule has 326 valence electrons. The zero-order valence-electron chi connectivity index (χ0n) is 37.8. The van der Waals surface area contributed by atoms with Crippen LogP contribution in [0.15, 0.2) is 243 Å². The minimum absolute atomic E-state index is 0.394. The Labute approximate surface area is 404 Å². The molecule has 13 rings (SSSR count). The summed E-state index contributed by atoms with van der Waals surface area (Å²) in [5.74, 6) is 0. The van der Waals surface area contributed by atoms with Crippen LogP contribution in [0.25, 0.3) is 86.2 Å². The molecule has 0 bridgehead atoms. The summed E-state index contributed by atoms with van der Waals surface area (Å²) in [6, 6.07) is 84.5. The summed E-state index contributed by atoms with van der Waals surface area (Å²) in [6.45, 7) is 17.8. The molecule has 0 spiro atoms. The number of para-hydroxylation sites is 4. The van der Waals surface area contributed by atoms with Gasteiger partial charge in [-0.2, -0.15) is 0 Å². The third-order valence-corrected chi connectivity index (χ3v) is 13.7. The van der Waals surface area contributed by atoms with Crippen LogP contribution < -0.4 is 9.80 Å². The number of fused-ring (bicyclic) bond motifs is 10. The lowest BCUT2D eigenvalue weighted by Gasteiger charge is -2.25. The molecule has 0 aliphatic carbocycles. The quantitative estimate of drug-likeness (QED) is 0.142. The lowest BCUT2D eigenvalue weighted by Crippen LogP contribution is -2.09. The second-order valence-electron chi connectivity index (χ2n) is 17.5. The molecule has 0 saturated carbocycles. The third-order valence-electron chi connectivity index (χ3n) is 13.7. The van der Waals surface area contributed by atoms with Gasteiger partial charge in [0.05, 0.1) is 46.6 Å². The van der Waals surface area contributed by atoms with Gasteiger partial charge in [0.15, 0.2) is 5.69 Å². The smallest absolute Gasteiger partial charge is 0.223 e. The molecule has 6 heteroatoms. The van der Waals surface area contributed by atoms with E-state index in [1.165, 1.54) is 0 Å². The fraction of sp³-hybridized carbons (Fsp3) is 0. The molecule has 0 radical (unpaired) electrons. The van der Waals surface area contributed by atoms with Gasteiger partial charge in [0.25, 0.3) is 0 Å². The first-order valence-corrected chi connectivity index (χ1v) is 23.3. The molecule has 6 nitrogen and oxygen atoms in total. The van der Waals surface area contributed by atoms with Crippen molar-refractivity contribution in [2.24, 2.45) is 0 Å². The van der Waals surface area contributed by atoms with E-state index >= 15 is 0 Å². The number of nitrogens with zero attached hydrogens (tertiary/aromatic N) is 6. The Bertz CT molecular complexity index is 4180. The standard InChI is InChI=1S/C64H40N6/c1-65-55-35-40-60(69-56-38-33-49(67(45-21-7-3-8-22-45)46-23-9-4-10-24-46)41-53(56)61-51-29-17-15-19-43(51)31-36-58(61)69)63(66-2)64(55)70-57-39-34-50(68(47-25-11-5-12-26-47)48-27-13-6-14-28-48)42-54(57)62-52-30-18-16-20-44(52)32-37-59(62)70/h3-42H. The van der Waals surface area contributed by atoms with E-state index in [-0.39, 0.29) is 0 Å². The summed E-state index contributed by atoms with van der Waals surface area (Å²) < 4.78 is 4.40. The molecule has 0 unspecified atom stereocenters. The Morgan fingerprint density at radius 1 is 0.314 bits per heavy atom. The maximum absolute atomic E-state index is 9.14. The molecule has 0 aliphatic heterocycles. The van der Waals surface area contributed by atoms with Crippen molar-refractivity contribution in [2.75, 3.05) is 9.80 Å². The summed E-state index contributed by atoms with van der Waals surface area (Å²) in [4.78, 5) is 13.2. The number of hydrogen-bond acceptors (Lipinski definition) is 2. The van der Waals surface area contributed by atoms with Gasteiger partial charge in [-0.05, 0) is 119 Å². The van der Waals surface area contributed by atoms with Crippen molar-refractivity contribution in [3.05, 3.63) is 265 Å². The van der Waals surface area contributed by atoms with E-state index in [2.05, 4.69) is 235 Å². The van der Waals surface area contributed by atoms with Gasteiger partial charge in [-0.15, -0.1) is 0 Å². The first kappa shape index (κ1) is 40.4. The summed E-state index contributed by atoms with van der Waals surface area (Å²) in [5.41, 5.74) is 12.0. The molecule has 0 saturated heterocycles. The Hall–Kier alpha value is -9.88. The number of anilines is 6. The lowest BCUT2D eigenvalue weighted by atomic mass is 10.0. The van der Waals surface area contributed by atoms with Gasteiger partial charge >= 0.3 is 0 Å². The molecule has 0 fully saturated rings. The molecular weight excluding hydrogens is 853 g/mol. The number of hydrogen-bond donors (Lipinski definition) is 0. The van der Waals surface area contributed by atoms with E-state index < -0.39 is 0 Å². The van der Waals surface area contributed by atoms with Crippen LogP contribution in [0.2, 0.25) is 0 Å². The maximum Gasteiger partial charge on any atom is 0.223 e. The first-order chi connectivity index (χ1) is 34.7. The van der Waals surface area contributed by atoms with Crippen LogP contribution in [0.3, 0.4) is 0 Å². The highest BCUT2D eigenvalue weighted by Crippen LogP contribution is 2.49. The van der Waals surface area contributed by atoms with Crippen LogP contribution in [0.4, 0.5) is 45.5 Å². The normalized spacial score (nSPS) is 11.4. The summed E-state index contributed by atoms with van der Waals surface area (Å²) in [6.07, 6.45) is 0. The molecule has 2 heterocycles. The minimum Gasteiger partial charge on any atom is -0.329 e. The molecule has 2 aromatic heterocycles. The highest BCUT2D eigenvalue weighted by molar-refractivity contribution is 6.24. The van der Waals surface area contributed by atoms with Crippen LogP contribution in [-0.4, -0.2) is 9.13 Å². The predicted molar refractivity (Wildman–Crippen MR) is 292 cm³/mol. The van der Waals surface area contributed by atoms with Crippen LogP contribution >= 0.6 is 0 Å². The maximum atomic E-state index is 9.14. The predicted octanol–water partition coefficient (Wildman–Crippen LogP) is 18.2. The highest BCUT2D eigenvalue weighted by atomic mass is 15.2. The third kappa shape index (κ3) is 6.33. The Morgan fingerprint density at radius 3 is 1.16 bits per heavy atom. The molecule has 11 aromatic carbocycles. The largest absolute Gasteiger partial charge is 0.329 e. The second kappa shape index (κ2) is 16.5. The van der Waals surface area contributed by atoms with E-state index in [1.54, 1.807) is 0 Å². The van der Waals surface area contributed by atoms with Crippen molar-refractivity contribution in [3.63, 3.8) is 0 Å². The van der Waals surface area contributed by atoms with Gasteiger partial charge in [0.2, 0.25) is 5.69 Å². The van der Waals surface area contributed by atoms with Gasteiger partial charge in [-0.3, -0.25) is 0 Å². The summed E-state index contributed by atoms with van der Waals surface area (Å²) in [5, 5.41) is 8.71. The zero-order chi connectivity index (χ0) is 46.7. The van der Waals surface area contributed by atoms with Gasteiger partial charge in [-0.25, -0.2) is 9.69 Å². The van der Waals surface area contributed by atoms with Crippen molar-refractivity contribution < 1.29 is 0 Å². The van der Waals surface area contributed by atoms with Gasteiger partial charge in [-0.1, -0.05) is 146 Å². The molecular formula is C64H40N6. The second-order valence-corrected chi connectivity index (χ2v) is 17.5. The Balaban J connectivity index is 1.10. The number of rotatable bonds is 8. The minimum atomic E-state index is 0.394. The van der Waals surface area contributed by atoms with E-state index in [4.69, 9.17) is 13.1 Å². The average molecular weight is 893 g/mol. The van der Waals surface area contributed by atoms with E-state index in [0.717, 1.165) is 99.3 Å². The fourth-order valence-corrected chi connectivity index (χ4v) is 10.7. The van der Waals surface area contributed by atoms with Crippen LogP contribution in [0, 0.1) is 13.1 Å². The van der Waals surface area contributed by atoms with Crippen molar-refractivity contribution in [1.82, 2.24) is 9.13 Å². The molecule has 13 aromatic rings. The fourth-order valence-electron chi connectivity index (χ4n) is 10.7. The van der Waals surface area contributed by atoms with Crippen LogP contribution in [-0.2, 0) is 0 Å². The van der Waals surface area contributed by atoms with Crippen molar-refractivity contribution >= 4 is 111 Å². The van der Waals surface area contributed by atoms with Crippen molar-refractivity contribution in [2.45, 2.75) is 0 Å². The highest BCUT2D eigenvalue weighted by Gasteiger charge is 2.26. The number of aromatic nitrogens is 2. The molecule has 0 atom stereocenters. The Kier molecular flexibility index (Phi) is 9.50. The van der Waals surface area contributed by atoms with Crippen molar-refractivity contribution in [1.29, 1.82) is 0 Å². The number of benzene rings is 11. The first-order valence-electron chi connectivity index (χ1n) is 23.3. The molecule has 0 amide bonds. The van der Waals surface area contributed by atoms with Crippen LogP contribution in [0.1, 0.15) is 0 Å². The monoisotopic (exact) mass is 892 g/mol. The lowest BCUT2D eigenvalue weighted by molar-refractivity contribution is 1.15. The van der Waals surface area contributed by atoms with Crippen molar-refractivity contribution in [3.8, 4) is 11.4 Å². The summed E-state index contributed by atoms with van der Waals surface area (Å²) in [7, 11) is 0. The van der Waals surface area contributed by atoms with E-state index in [0.29, 0.717) is 22.7 Å². The average Bonchev–Trinajstić information content (AvgIpc) is 3.94. The Morgan fingerprint density at radius 2 is 0.714 bits per heavy atom. The molecule has 0 N–H and O–H groups in total. The molecule has 70 heavy (non-hydrogen) atoms. The molecule has 0 aliphatic rings.